The minimum Gasteiger partial charge on any atom is -0.325 e. The number of halogens is 2. The van der Waals surface area contributed by atoms with Crippen LogP contribution in [0.25, 0.3) is 0 Å². The summed E-state index contributed by atoms with van der Waals surface area (Å²) in [6, 6.07) is 12.5. The van der Waals surface area contributed by atoms with Gasteiger partial charge in [0, 0.05) is 21.7 Å². The molecular weight excluding hydrogens is 440 g/mol. The first-order chi connectivity index (χ1) is 12.4. The van der Waals surface area contributed by atoms with E-state index < -0.39 is 16.1 Å². The fourth-order valence-electron chi connectivity index (χ4n) is 2.99. The molecule has 0 saturated carbocycles. The number of rotatable bonds is 4. The van der Waals surface area contributed by atoms with Crippen molar-refractivity contribution < 1.29 is 13.2 Å². The maximum Gasteiger partial charge on any atom is 0.243 e. The molecule has 26 heavy (non-hydrogen) atoms. The third-order valence-electron chi connectivity index (χ3n) is 4.27. The molecule has 5 nitrogen and oxygen atoms in total. The number of hydrogen-bond donors (Lipinski definition) is 1. The second-order valence-corrected chi connectivity index (χ2v) is 9.32. The molecule has 0 aromatic heterocycles. The van der Waals surface area contributed by atoms with Gasteiger partial charge in [-0.1, -0.05) is 40.0 Å². The smallest absolute Gasteiger partial charge is 0.243 e. The second-order valence-electron chi connectivity index (χ2n) is 6.08. The number of anilines is 1. The van der Waals surface area contributed by atoms with Gasteiger partial charge in [-0.15, -0.1) is 0 Å². The minimum atomic E-state index is -3.77. The van der Waals surface area contributed by atoms with Crippen molar-refractivity contribution >= 4 is 49.1 Å². The number of amides is 1. The standard InChI is InChI=1S/C18H18BrClN2O3S/c19-13-4-3-5-15(12-13)21-18(23)17-6-1-2-11-22(17)26(24,25)16-9-7-14(20)8-10-16/h3-5,7-10,12,17H,1-2,6,11H2,(H,21,23). The number of sulfonamides is 1. The number of nitrogens with zero attached hydrogens (tertiary/aromatic N) is 1. The Morgan fingerprint density at radius 1 is 1.15 bits per heavy atom. The summed E-state index contributed by atoms with van der Waals surface area (Å²) in [6.07, 6.45) is 2.03. The first-order valence-electron chi connectivity index (χ1n) is 8.22. The quantitative estimate of drug-likeness (QED) is 0.745. The van der Waals surface area contributed by atoms with Gasteiger partial charge in [-0.25, -0.2) is 8.42 Å². The summed E-state index contributed by atoms with van der Waals surface area (Å²) in [6.45, 7) is 0.321. The Morgan fingerprint density at radius 2 is 1.88 bits per heavy atom. The van der Waals surface area contributed by atoms with Gasteiger partial charge in [0.15, 0.2) is 0 Å². The molecule has 2 aromatic rings. The number of benzene rings is 2. The summed E-state index contributed by atoms with van der Waals surface area (Å²) in [4.78, 5) is 12.9. The molecule has 1 N–H and O–H groups in total. The van der Waals surface area contributed by atoms with Gasteiger partial charge in [-0.2, -0.15) is 4.31 Å². The molecule has 138 valence electrons. The molecule has 1 aliphatic heterocycles. The molecule has 0 radical (unpaired) electrons. The molecule has 8 heteroatoms. The number of nitrogens with one attached hydrogen (secondary N) is 1. The molecule has 1 saturated heterocycles. The van der Waals surface area contributed by atoms with E-state index in [0.29, 0.717) is 23.7 Å². The van der Waals surface area contributed by atoms with Crippen LogP contribution in [0.4, 0.5) is 5.69 Å². The van der Waals surface area contributed by atoms with Crippen molar-refractivity contribution in [2.45, 2.75) is 30.2 Å². The summed E-state index contributed by atoms with van der Waals surface area (Å²) < 4.78 is 28.2. The highest BCUT2D eigenvalue weighted by molar-refractivity contribution is 9.10. The van der Waals surface area contributed by atoms with E-state index >= 15 is 0 Å². The van der Waals surface area contributed by atoms with E-state index in [-0.39, 0.29) is 10.8 Å². The van der Waals surface area contributed by atoms with Crippen LogP contribution in [0.3, 0.4) is 0 Å². The van der Waals surface area contributed by atoms with E-state index in [1.807, 2.05) is 12.1 Å². The zero-order valence-corrected chi connectivity index (χ0v) is 17.0. The van der Waals surface area contributed by atoms with Gasteiger partial charge in [0.1, 0.15) is 6.04 Å². The fourth-order valence-corrected chi connectivity index (χ4v) is 5.17. The highest BCUT2D eigenvalue weighted by Crippen LogP contribution is 2.27. The van der Waals surface area contributed by atoms with Gasteiger partial charge in [-0.05, 0) is 55.3 Å². The van der Waals surface area contributed by atoms with Crippen molar-refractivity contribution in [3.8, 4) is 0 Å². The highest BCUT2D eigenvalue weighted by Gasteiger charge is 2.37. The van der Waals surface area contributed by atoms with E-state index in [0.717, 1.165) is 17.3 Å². The maximum atomic E-state index is 13.0. The van der Waals surface area contributed by atoms with Crippen LogP contribution in [0, 0.1) is 0 Å². The van der Waals surface area contributed by atoms with Gasteiger partial charge in [0.2, 0.25) is 15.9 Å². The van der Waals surface area contributed by atoms with Crippen LogP contribution in [-0.4, -0.2) is 31.2 Å². The van der Waals surface area contributed by atoms with Gasteiger partial charge >= 0.3 is 0 Å². The average molecular weight is 458 g/mol. The zero-order chi connectivity index (χ0) is 18.7. The Labute approximate surface area is 166 Å². The van der Waals surface area contributed by atoms with Crippen molar-refractivity contribution in [3.63, 3.8) is 0 Å². The molecule has 1 heterocycles. The van der Waals surface area contributed by atoms with Gasteiger partial charge in [-0.3, -0.25) is 4.79 Å². The van der Waals surface area contributed by atoms with Crippen LogP contribution < -0.4 is 5.32 Å². The van der Waals surface area contributed by atoms with Crippen LogP contribution >= 0.6 is 27.5 Å². The van der Waals surface area contributed by atoms with Crippen molar-refractivity contribution in [3.05, 3.63) is 58.0 Å². The van der Waals surface area contributed by atoms with Crippen LogP contribution in [0.2, 0.25) is 5.02 Å². The minimum absolute atomic E-state index is 0.143. The molecule has 1 atom stereocenters. The molecular formula is C18H18BrClN2O3S. The average Bonchev–Trinajstić information content (AvgIpc) is 2.62. The Hall–Kier alpha value is -1.41. The Balaban J connectivity index is 1.85. The van der Waals surface area contributed by atoms with Crippen LogP contribution in [0.15, 0.2) is 57.9 Å². The Bertz CT molecular complexity index is 903. The molecule has 0 aliphatic carbocycles. The number of hydrogen-bond acceptors (Lipinski definition) is 3. The monoisotopic (exact) mass is 456 g/mol. The molecule has 0 spiro atoms. The van der Waals surface area contributed by atoms with Crippen molar-refractivity contribution in [1.29, 1.82) is 0 Å². The number of piperidine rings is 1. The number of carbonyl (C=O) groups is 1. The maximum absolute atomic E-state index is 13.0. The second kappa shape index (κ2) is 8.08. The van der Waals surface area contributed by atoms with Gasteiger partial charge < -0.3 is 5.32 Å². The predicted molar refractivity (Wildman–Crippen MR) is 106 cm³/mol. The predicted octanol–water partition coefficient (Wildman–Crippen LogP) is 4.28. The topological polar surface area (TPSA) is 66.5 Å². The van der Waals surface area contributed by atoms with Crippen LogP contribution in [0.1, 0.15) is 19.3 Å². The van der Waals surface area contributed by atoms with Crippen molar-refractivity contribution in [2.24, 2.45) is 0 Å². The summed E-state index contributed by atoms with van der Waals surface area (Å²) in [5, 5.41) is 3.28. The highest BCUT2D eigenvalue weighted by atomic mass is 79.9. The molecule has 1 fully saturated rings. The molecule has 0 bridgehead atoms. The molecule has 2 aromatic carbocycles. The third kappa shape index (κ3) is 4.28. The lowest BCUT2D eigenvalue weighted by Crippen LogP contribution is -2.49. The molecule has 1 aliphatic rings. The van der Waals surface area contributed by atoms with Crippen LogP contribution in [0.5, 0.6) is 0 Å². The third-order valence-corrected chi connectivity index (χ3v) is 6.94. The van der Waals surface area contributed by atoms with E-state index in [9.17, 15) is 13.2 Å². The van der Waals surface area contributed by atoms with Crippen molar-refractivity contribution in [2.75, 3.05) is 11.9 Å². The Morgan fingerprint density at radius 3 is 2.58 bits per heavy atom. The van der Waals surface area contributed by atoms with Crippen molar-refractivity contribution in [1.82, 2.24) is 4.31 Å². The first-order valence-corrected chi connectivity index (χ1v) is 10.8. The summed E-state index contributed by atoms with van der Waals surface area (Å²) in [5.74, 6) is -0.319. The van der Waals surface area contributed by atoms with Crippen LogP contribution in [-0.2, 0) is 14.8 Å². The molecule has 1 unspecified atom stereocenters. The SMILES string of the molecule is O=C(Nc1cccc(Br)c1)C1CCCCN1S(=O)(=O)c1ccc(Cl)cc1. The summed E-state index contributed by atoms with van der Waals surface area (Å²) >= 11 is 9.21. The van der Waals surface area contributed by atoms with E-state index in [1.54, 1.807) is 12.1 Å². The lowest BCUT2D eigenvalue weighted by atomic mass is 10.0. The normalized spacial score (nSPS) is 18.5. The fraction of sp³-hybridized carbons (Fsp3) is 0.278. The summed E-state index contributed by atoms with van der Waals surface area (Å²) in [7, 11) is -3.77. The van der Waals surface area contributed by atoms with Gasteiger partial charge in [0.25, 0.3) is 0 Å². The lowest BCUT2D eigenvalue weighted by molar-refractivity contribution is -0.120. The largest absolute Gasteiger partial charge is 0.325 e. The van der Waals surface area contributed by atoms with E-state index in [4.69, 9.17) is 11.6 Å². The lowest BCUT2D eigenvalue weighted by Gasteiger charge is -2.33. The zero-order valence-electron chi connectivity index (χ0n) is 13.9. The molecule has 1 amide bonds. The van der Waals surface area contributed by atoms with Gasteiger partial charge in [0.05, 0.1) is 4.90 Å². The Kier molecular flexibility index (Phi) is 6.02. The summed E-state index contributed by atoms with van der Waals surface area (Å²) in [5.41, 5.74) is 0.624. The number of carbonyl (C=O) groups excluding carboxylic acids is 1. The molecule has 3 rings (SSSR count). The van der Waals surface area contributed by atoms with E-state index in [2.05, 4.69) is 21.2 Å². The first kappa shape index (κ1) is 19.4. The van der Waals surface area contributed by atoms with E-state index in [1.165, 1.54) is 28.6 Å².